The number of ether oxygens (including phenoxy) is 3. The average Bonchev–Trinajstić information content (AvgIpc) is 3.82. The van der Waals surface area contributed by atoms with E-state index in [1.165, 1.54) is 12.0 Å². The third kappa shape index (κ3) is 8.58. The Morgan fingerprint density at radius 3 is 2.45 bits per heavy atom. The van der Waals surface area contributed by atoms with Crippen LogP contribution in [0.15, 0.2) is 86.0 Å². The zero-order valence-corrected chi connectivity index (χ0v) is 31.1. The Balaban J connectivity index is 1.52. The number of esters is 1. The van der Waals surface area contributed by atoms with Crippen LogP contribution in [0.5, 0.6) is 0 Å². The number of nitrogens with zero attached hydrogens (tertiary/aromatic N) is 2. The number of methoxy groups -OCH3 is 1. The van der Waals surface area contributed by atoms with Crippen LogP contribution in [0.3, 0.4) is 0 Å². The zero-order valence-electron chi connectivity index (χ0n) is 31.1. The highest BCUT2D eigenvalue weighted by molar-refractivity contribution is 5.98. The van der Waals surface area contributed by atoms with E-state index in [1.807, 2.05) is 60.7 Å². The molecule has 2 bridgehead atoms. The van der Waals surface area contributed by atoms with E-state index in [0.717, 1.165) is 24.8 Å². The number of fused-ring (bicyclic) bond motifs is 1. The molecule has 1 spiro atoms. The minimum Gasteiger partial charge on any atom is -0.455 e. The summed E-state index contributed by atoms with van der Waals surface area (Å²) in [6.07, 6.45) is 6.29. The number of nitrogens with one attached hydrogen (secondary N) is 1. The van der Waals surface area contributed by atoms with Gasteiger partial charge < -0.3 is 34.4 Å². The van der Waals surface area contributed by atoms with Crippen LogP contribution in [0.4, 0.5) is 0 Å². The Morgan fingerprint density at radius 1 is 1.09 bits per heavy atom. The molecule has 3 heterocycles. The molecule has 3 amide bonds. The minimum absolute atomic E-state index is 0.0583. The molecule has 0 saturated carbocycles. The Kier molecular flexibility index (Phi) is 14.0. The van der Waals surface area contributed by atoms with Crippen LogP contribution in [0.2, 0.25) is 0 Å². The van der Waals surface area contributed by atoms with Crippen LogP contribution in [-0.4, -0.2) is 102 Å². The number of benzene rings is 2. The van der Waals surface area contributed by atoms with Crippen molar-refractivity contribution < 1.29 is 38.5 Å². The van der Waals surface area contributed by atoms with Gasteiger partial charge in [-0.1, -0.05) is 92.6 Å². The van der Waals surface area contributed by atoms with E-state index in [1.54, 1.807) is 17.1 Å². The van der Waals surface area contributed by atoms with Gasteiger partial charge in [-0.25, -0.2) is 0 Å². The third-order valence-corrected chi connectivity index (χ3v) is 10.9. The van der Waals surface area contributed by atoms with Crippen LogP contribution in [0.25, 0.3) is 0 Å². The monoisotopic (exact) mass is 729 g/mol. The number of allylic oxidation sites excluding steroid dienone is 1. The van der Waals surface area contributed by atoms with Crippen molar-refractivity contribution in [3.63, 3.8) is 0 Å². The molecule has 3 saturated heterocycles. The van der Waals surface area contributed by atoms with Crippen molar-refractivity contribution >= 4 is 23.7 Å². The first-order chi connectivity index (χ1) is 25.7. The highest BCUT2D eigenvalue weighted by atomic mass is 16.6. The average molecular weight is 730 g/mol. The molecule has 5 rings (SSSR count). The van der Waals surface area contributed by atoms with Gasteiger partial charge in [0.05, 0.1) is 43.2 Å². The van der Waals surface area contributed by atoms with E-state index < -0.39 is 59.6 Å². The van der Waals surface area contributed by atoms with Crippen LogP contribution < -0.4 is 5.32 Å². The first-order valence-electron chi connectivity index (χ1n) is 18.9. The zero-order chi connectivity index (χ0) is 38.0. The van der Waals surface area contributed by atoms with Gasteiger partial charge in [-0.15, -0.1) is 13.2 Å². The summed E-state index contributed by atoms with van der Waals surface area (Å²) < 4.78 is 18.6. The molecule has 8 atom stereocenters. The van der Waals surface area contributed by atoms with E-state index >= 15 is 0 Å². The lowest BCUT2D eigenvalue weighted by Crippen LogP contribution is -2.59. The van der Waals surface area contributed by atoms with E-state index in [4.69, 9.17) is 14.2 Å². The Bertz CT molecular complexity index is 1570. The first-order valence-corrected chi connectivity index (χ1v) is 18.9. The number of aliphatic hydroxyl groups excluding tert-OH is 1. The predicted octanol–water partition coefficient (Wildman–Crippen LogP) is 4.55. The lowest BCUT2D eigenvalue weighted by Gasteiger charge is -2.39. The molecule has 11 nitrogen and oxygen atoms in total. The largest absolute Gasteiger partial charge is 0.455 e. The Labute approximate surface area is 313 Å². The lowest BCUT2D eigenvalue weighted by atomic mass is 9.70. The molecular formula is C42H55N3O8. The molecule has 286 valence electrons. The first kappa shape index (κ1) is 39.9. The summed E-state index contributed by atoms with van der Waals surface area (Å²) in [4.78, 5) is 60.5. The summed E-state index contributed by atoms with van der Waals surface area (Å²) in [5.41, 5.74) is 0.259. The summed E-state index contributed by atoms with van der Waals surface area (Å²) >= 11 is 0. The number of hydrogen-bond donors (Lipinski definition) is 2. The van der Waals surface area contributed by atoms with Gasteiger partial charge >= 0.3 is 5.97 Å². The van der Waals surface area contributed by atoms with Crippen molar-refractivity contribution in [1.29, 1.82) is 0 Å². The second-order valence-corrected chi connectivity index (χ2v) is 14.3. The molecular weight excluding hydrogens is 674 g/mol. The molecule has 0 aliphatic carbocycles. The fourth-order valence-electron chi connectivity index (χ4n) is 8.47. The number of likely N-dealkylation sites (tertiary alicyclic amines) is 1. The van der Waals surface area contributed by atoms with Gasteiger partial charge in [0, 0.05) is 26.6 Å². The number of amides is 3. The number of carbonyl (C=O) groups excluding carboxylic acids is 4. The maximum Gasteiger partial charge on any atom is 0.313 e. The third-order valence-electron chi connectivity index (χ3n) is 10.9. The molecule has 2 aromatic carbocycles. The summed E-state index contributed by atoms with van der Waals surface area (Å²) in [6.45, 7) is 10.1. The van der Waals surface area contributed by atoms with Gasteiger partial charge in [0.25, 0.3) is 0 Å². The summed E-state index contributed by atoms with van der Waals surface area (Å²) in [7, 11) is 1.51. The van der Waals surface area contributed by atoms with Crippen molar-refractivity contribution in [3.05, 3.63) is 97.1 Å². The maximum atomic E-state index is 14.9. The molecule has 0 aromatic heterocycles. The fourth-order valence-corrected chi connectivity index (χ4v) is 8.47. The SMILES string of the molecule is C=CCCC(=O)N[C@H](COC)[C@H](OC(=O)[C@@H]1[C@@H]2CC[C@]3(O2)[C@H](C(=O)N(CC=C)CCCCC)N([C@@H](CO)Cc2ccccc2)C(=O)[C@@H]13)c1ccccc1. The van der Waals surface area contributed by atoms with Gasteiger partial charge in [-0.05, 0) is 43.2 Å². The molecule has 0 unspecified atom stereocenters. The van der Waals surface area contributed by atoms with E-state index in [-0.39, 0.29) is 38.0 Å². The standard InChI is InChI=1S/C42H55N3O8/c1-5-8-16-25-44(24-7-3)40(49)38-42-23-22-33(53-42)35(36(42)39(48)45(38)31(27-46)26-29-17-12-10-13-18-29)41(50)52-37(30-19-14-11-15-20-30)32(28-51-4)43-34(47)21-9-6-2/h6-7,10-15,17-20,31-33,35-38,46H,2-3,5,8-9,16,21-28H2,1,4H3,(H,43,47)/t31-,32-,33+,35-,36-,37-,38+,42-/m1/s1. The van der Waals surface area contributed by atoms with Crippen molar-refractivity contribution in [1.82, 2.24) is 15.1 Å². The molecule has 2 aromatic rings. The molecule has 3 aliphatic rings. The van der Waals surface area contributed by atoms with Crippen molar-refractivity contribution in [3.8, 4) is 0 Å². The van der Waals surface area contributed by atoms with Gasteiger partial charge in [0.2, 0.25) is 17.7 Å². The second-order valence-electron chi connectivity index (χ2n) is 14.3. The van der Waals surface area contributed by atoms with Gasteiger partial charge in [0.1, 0.15) is 17.7 Å². The van der Waals surface area contributed by atoms with Crippen molar-refractivity contribution in [2.75, 3.05) is 33.4 Å². The van der Waals surface area contributed by atoms with Crippen molar-refractivity contribution in [2.24, 2.45) is 11.8 Å². The van der Waals surface area contributed by atoms with Crippen LogP contribution in [0.1, 0.15) is 69.1 Å². The quantitative estimate of drug-likeness (QED) is 0.109. The Hall–Kier alpha value is -4.32. The number of aliphatic hydroxyl groups is 1. The van der Waals surface area contributed by atoms with Gasteiger partial charge in [-0.2, -0.15) is 0 Å². The Morgan fingerprint density at radius 2 is 1.81 bits per heavy atom. The van der Waals surface area contributed by atoms with Crippen molar-refractivity contribution in [2.45, 2.75) is 94.2 Å². The summed E-state index contributed by atoms with van der Waals surface area (Å²) in [5, 5.41) is 13.8. The normalized spacial score (nSPS) is 24.6. The molecule has 3 aliphatic heterocycles. The topological polar surface area (TPSA) is 135 Å². The molecule has 0 radical (unpaired) electrons. The van der Waals surface area contributed by atoms with Gasteiger partial charge in [0.15, 0.2) is 0 Å². The predicted molar refractivity (Wildman–Crippen MR) is 200 cm³/mol. The number of hydrogen-bond acceptors (Lipinski definition) is 8. The molecule has 11 heteroatoms. The lowest BCUT2D eigenvalue weighted by molar-refractivity contribution is -0.163. The van der Waals surface area contributed by atoms with E-state index in [0.29, 0.717) is 37.8 Å². The number of rotatable bonds is 21. The highest BCUT2D eigenvalue weighted by Gasteiger charge is 2.75. The van der Waals surface area contributed by atoms with Crippen LogP contribution >= 0.6 is 0 Å². The van der Waals surface area contributed by atoms with E-state index in [9.17, 15) is 24.3 Å². The second kappa shape index (κ2) is 18.6. The number of carbonyl (C=O) groups is 4. The summed E-state index contributed by atoms with van der Waals surface area (Å²) in [6, 6.07) is 16.1. The molecule has 3 fully saturated rings. The number of unbranched alkanes of at least 4 members (excludes halogenated alkanes) is 2. The smallest absolute Gasteiger partial charge is 0.313 e. The fraction of sp³-hybridized carbons (Fsp3) is 0.524. The van der Waals surface area contributed by atoms with E-state index in [2.05, 4.69) is 25.4 Å². The van der Waals surface area contributed by atoms with Gasteiger partial charge in [-0.3, -0.25) is 19.2 Å². The minimum atomic E-state index is -1.29. The summed E-state index contributed by atoms with van der Waals surface area (Å²) in [5.74, 6) is -3.59. The molecule has 53 heavy (non-hydrogen) atoms. The van der Waals surface area contributed by atoms with Crippen LogP contribution in [0, 0.1) is 11.8 Å². The molecule has 2 N–H and O–H groups in total. The maximum absolute atomic E-state index is 14.9. The van der Waals surface area contributed by atoms with Crippen LogP contribution in [-0.2, 0) is 39.8 Å². The highest BCUT2D eigenvalue weighted by Crippen LogP contribution is 2.59.